The predicted molar refractivity (Wildman–Crippen MR) is 111 cm³/mol. The van der Waals surface area contributed by atoms with Crippen LogP contribution in [0.3, 0.4) is 0 Å². The summed E-state index contributed by atoms with van der Waals surface area (Å²) in [6, 6.07) is 16.3. The van der Waals surface area contributed by atoms with Gasteiger partial charge in [-0.2, -0.15) is 0 Å². The molecule has 1 N–H and O–H groups in total. The van der Waals surface area contributed by atoms with Gasteiger partial charge >= 0.3 is 5.97 Å². The zero-order valence-electron chi connectivity index (χ0n) is 16.1. The van der Waals surface area contributed by atoms with Crippen molar-refractivity contribution in [3.8, 4) is 23.3 Å². The lowest BCUT2D eigenvalue weighted by Crippen LogP contribution is -2.24. The molecule has 4 nitrogen and oxygen atoms in total. The van der Waals surface area contributed by atoms with Crippen molar-refractivity contribution >= 4 is 11.7 Å². The minimum Gasteiger partial charge on any atom is -0.495 e. The summed E-state index contributed by atoms with van der Waals surface area (Å²) >= 11 is 0. The molecule has 28 heavy (non-hydrogen) atoms. The van der Waals surface area contributed by atoms with Gasteiger partial charge in [0.1, 0.15) is 11.5 Å². The molecular weight excluding hydrogens is 350 g/mol. The van der Waals surface area contributed by atoms with Crippen molar-refractivity contribution in [1.82, 2.24) is 0 Å². The van der Waals surface area contributed by atoms with E-state index in [4.69, 9.17) is 9.47 Å². The van der Waals surface area contributed by atoms with Crippen molar-refractivity contribution in [3.63, 3.8) is 0 Å². The van der Waals surface area contributed by atoms with Crippen molar-refractivity contribution < 1.29 is 14.3 Å². The standard InChI is InChI=1S/C24H25NO3/c1-27-23-15-9-8-14-22(23)25-20(17-16-19-10-4-2-5-11-19)18-24(26)28-21-12-6-3-7-13-21/h3,6-10,12-15,20,25H,2,4-5,11,18H2,1H3/t20-/m0/s1. The third kappa shape index (κ3) is 5.92. The lowest BCUT2D eigenvalue weighted by molar-refractivity contribution is -0.134. The molecule has 3 rings (SSSR count). The zero-order valence-corrected chi connectivity index (χ0v) is 16.1. The van der Waals surface area contributed by atoms with Gasteiger partial charge in [-0.15, -0.1) is 0 Å². The van der Waals surface area contributed by atoms with Crippen LogP contribution in [0.1, 0.15) is 32.1 Å². The summed E-state index contributed by atoms with van der Waals surface area (Å²) < 4.78 is 10.8. The molecule has 2 aromatic carbocycles. The molecule has 0 unspecified atom stereocenters. The van der Waals surface area contributed by atoms with Crippen molar-refractivity contribution in [3.05, 3.63) is 66.2 Å². The number of esters is 1. The lowest BCUT2D eigenvalue weighted by Gasteiger charge is -2.16. The number of methoxy groups -OCH3 is 1. The fourth-order valence-electron chi connectivity index (χ4n) is 3.05. The number of anilines is 1. The fourth-order valence-corrected chi connectivity index (χ4v) is 3.05. The van der Waals surface area contributed by atoms with E-state index in [9.17, 15) is 4.79 Å². The summed E-state index contributed by atoms with van der Waals surface area (Å²) in [6.45, 7) is 0. The summed E-state index contributed by atoms with van der Waals surface area (Å²) in [7, 11) is 1.62. The number of ether oxygens (including phenoxy) is 2. The minimum atomic E-state index is -0.379. The molecule has 0 radical (unpaired) electrons. The van der Waals surface area contributed by atoms with Gasteiger partial charge in [0.2, 0.25) is 0 Å². The first-order chi connectivity index (χ1) is 13.7. The first kappa shape index (κ1) is 19.6. The van der Waals surface area contributed by atoms with Gasteiger partial charge in [-0.3, -0.25) is 4.79 Å². The van der Waals surface area contributed by atoms with Crippen LogP contribution in [0.2, 0.25) is 0 Å². The van der Waals surface area contributed by atoms with E-state index < -0.39 is 0 Å². The molecule has 144 valence electrons. The van der Waals surface area contributed by atoms with Crippen molar-refractivity contribution in [1.29, 1.82) is 0 Å². The van der Waals surface area contributed by atoms with E-state index >= 15 is 0 Å². The predicted octanol–water partition coefficient (Wildman–Crippen LogP) is 4.98. The van der Waals surface area contributed by atoms with Crippen LogP contribution in [0.25, 0.3) is 0 Å². The largest absolute Gasteiger partial charge is 0.495 e. The molecule has 0 saturated heterocycles. The van der Waals surface area contributed by atoms with E-state index in [1.165, 1.54) is 12.8 Å². The average Bonchev–Trinajstić information content (AvgIpc) is 2.74. The number of benzene rings is 2. The van der Waals surface area contributed by atoms with Gasteiger partial charge in [0.05, 0.1) is 25.3 Å². The van der Waals surface area contributed by atoms with Crippen LogP contribution in [-0.4, -0.2) is 19.1 Å². The normalized spacial score (nSPS) is 14.1. The Kier molecular flexibility index (Phi) is 7.14. The SMILES string of the molecule is COc1ccccc1N[C@@H](C#CC1=CCCCC1)CC(=O)Oc1ccccc1. The molecule has 1 aliphatic carbocycles. The molecule has 0 saturated carbocycles. The highest BCUT2D eigenvalue weighted by Crippen LogP contribution is 2.24. The summed E-state index contributed by atoms with van der Waals surface area (Å²) in [4.78, 5) is 12.4. The molecule has 0 fully saturated rings. The van der Waals surface area contributed by atoms with E-state index in [0.29, 0.717) is 11.5 Å². The van der Waals surface area contributed by atoms with Gasteiger partial charge in [-0.25, -0.2) is 0 Å². The number of carbonyl (C=O) groups excluding carboxylic acids is 1. The monoisotopic (exact) mass is 375 g/mol. The maximum absolute atomic E-state index is 12.4. The Labute approximate surface area is 166 Å². The fraction of sp³-hybridized carbons (Fsp3) is 0.292. The highest BCUT2D eigenvalue weighted by atomic mass is 16.5. The summed E-state index contributed by atoms with van der Waals surface area (Å²) in [5, 5.41) is 3.33. The molecule has 0 bridgehead atoms. The summed E-state index contributed by atoms with van der Waals surface area (Å²) in [5.41, 5.74) is 1.95. The summed E-state index contributed by atoms with van der Waals surface area (Å²) in [5.74, 6) is 7.39. The number of rotatable bonds is 6. The van der Waals surface area contributed by atoms with Gasteiger partial charge in [0, 0.05) is 0 Å². The lowest BCUT2D eigenvalue weighted by atomic mass is 9.99. The average molecular weight is 375 g/mol. The maximum atomic E-state index is 12.4. The Morgan fingerprint density at radius 2 is 1.89 bits per heavy atom. The Morgan fingerprint density at radius 1 is 1.11 bits per heavy atom. The minimum absolute atomic E-state index is 0.132. The first-order valence-corrected chi connectivity index (χ1v) is 9.60. The zero-order chi connectivity index (χ0) is 19.6. The number of hydrogen-bond acceptors (Lipinski definition) is 4. The second-order valence-corrected chi connectivity index (χ2v) is 6.63. The molecule has 0 amide bonds. The molecule has 0 aliphatic heterocycles. The van der Waals surface area contributed by atoms with E-state index in [1.807, 2.05) is 42.5 Å². The van der Waals surface area contributed by atoms with Gasteiger partial charge in [-0.05, 0) is 55.5 Å². The van der Waals surface area contributed by atoms with Crippen molar-refractivity contribution in [2.24, 2.45) is 0 Å². The Morgan fingerprint density at radius 3 is 2.64 bits per heavy atom. The number of para-hydroxylation sites is 3. The second-order valence-electron chi connectivity index (χ2n) is 6.63. The molecule has 1 atom stereocenters. The first-order valence-electron chi connectivity index (χ1n) is 9.60. The van der Waals surface area contributed by atoms with Gasteiger partial charge < -0.3 is 14.8 Å². The van der Waals surface area contributed by atoms with Crippen LogP contribution in [0.5, 0.6) is 11.5 Å². The quantitative estimate of drug-likeness (QED) is 0.440. The van der Waals surface area contributed by atoms with Crippen molar-refractivity contribution in [2.75, 3.05) is 12.4 Å². The number of allylic oxidation sites excluding steroid dienone is 2. The molecule has 0 heterocycles. The Bertz CT molecular complexity index is 877. The maximum Gasteiger partial charge on any atom is 0.314 e. The highest BCUT2D eigenvalue weighted by molar-refractivity contribution is 5.74. The second kappa shape index (κ2) is 10.2. The molecule has 2 aromatic rings. The molecule has 0 aromatic heterocycles. The third-order valence-corrected chi connectivity index (χ3v) is 4.48. The van der Waals surface area contributed by atoms with Crippen LogP contribution < -0.4 is 14.8 Å². The van der Waals surface area contributed by atoms with E-state index in [0.717, 1.165) is 24.1 Å². The molecule has 1 aliphatic rings. The van der Waals surface area contributed by atoms with Crippen LogP contribution in [-0.2, 0) is 4.79 Å². The number of hydrogen-bond donors (Lipinski definition) is 1. The Hall–Kier alpha value is -3.19. The number of carbonyl (C=O) groups is 1. The van der Waals surface area contributed by atoms with E-state index in [2.05, 4.69) is 23.2 Å². The molecule has 0 spiro atoms. The van der Waals surface area contributed by atoms with E-state index in [1.54, 1.807) is 19.2 Å². The van der Waals surface area contributed by atoms with Gasteiger partial charge in [-0.1, -0.05) is 48.2 Å². The van der Waals surface area contributed by atoms with Gasteiger partial charge in [0.15, 0.2) is 0 Å². The van der Waals surface area contributed by atoms with Crippen LogP contribution in [0.4, 0.5) is 5.69 Å². The van der Waals surface area contributed by atoms with Crippen LogP contribution in [0.15, 0.2) is 66.2 Å². The molecule has 4 heteroatoms. The third-order valence-electron chi connectivity index (χ3n) is 4.48. The smallest absolute Gasteiger partial charge is 0.314 e. The Balaban J connectivity index is 1.74. The van der Waals surface area contributed by atoms with E-state index in [-0.39, 0.29) is 18.4 Å². The molecular formula is C24H25NO3. The summed E-state index contributed by atoms with van der Waals surface area (Å²) in [6.07, 6.45) is 6.79. The van der Waals surface area contributed by atoms with Gasteiger partial charge in [0.25, 0.3) is 0 Å². The van der Waals surface area contributed by atoms with Crippen LogP contribution in [0, 0.1) is 11.8 Å². The van der Waals surface area contributed by atoms with Crippen LogP contribution >= 0.6 is 0 Å². The topological polar surface area (TPSA) is 47.6 Å². The highest BCUT2D eigenvalue weighted by Gasteiger charge is 2.15. The number of nitrogens with one attached hydrogen (secondary N) is 1. The van der Waals surface area contributed by atoms with Crippen molar-refractivity contribution in [2.45, 2.75) is 38.1 Å².